The summed E-state index contributed by atoms with van der Waals surface area (Å²) in [7, 11) is 0. The van der Waals surface area contributed by atoms with Gasteiger partial charge in [0, 0.05) is 50.9 Å². The minimum absolute atomic E-state index is 0. The lowest BCUT2D eigenvalue weighted by atomic mass is 9.74. The topological polar surface area (TPSA) is 68.3 Å². The van der Waals surface area contributed by atoms with Crippen LogP contribution in [0.25, 0.3) is 0 Å². The average molecular weight is 799 g/mol. The molecule has 0 saturated heterocycles. The fraction of sp³-hybridized carbons (Fsp3) is 0.849. The summed E-state index contributed by atoms with van der Waals surface area (Å²) in [5.74, 6) is 10.7. The minimum Gasteiger partial charge on any atom is -0.300 e. The van der Waals surface area contributed by atoms with Crippen LogP contribution in [0.3, 0.4) is 0 Å². The fourth-order valence-corrected chi connectivity index (χ4v) is 8.82. The maximum Gasteiger partial charge on any atom is 0.136 e. The molecule has 334 valence electrons. The van der Waals surface area contributed by atoms with E-state index in [4.69, 9.17) is 0 Å². The van der Waals surface area contributed by atoms with Crippen LogP contribution in [0.5, 0.6) is 0 Å². The lowest BCUT2D eigenvalue weighted by Gasteiger charge is -2.32. The van der Waals surface area contributed by atoms with Crippen molar-refractivity contribution in [1.82, 2.24) is 0 Å². The third-order valence-electron chi connectivity index (χ3n) is 13.8. The number of hydrogen-bond donors (Lipinski definition) is 0. The first-order chi connectivity index (χ1) is 25.7. The highest BCUT2D eigenvalue weighted by Crippen LogP contribution is 2.37. The largest absolute Gasteiger partial charge is 0.300 e. The smallest absolute Gasteiger partial charge is 0.136 e. The van der Waals surface area contributed by atoms with Gasteiger partial charge >= 0.3 is 0 Å². The minimum atomic E-state index is 0. The lowest BCUT2D eigenvalue weighted by molar-refractivity contribution is -0.128. The Morgan fingerprint density at radius 1 is 0.386 bits per heavy atom. The summed E-state index contributed by atoms with van der Waals surface area (Å²) in [5, 5.41) is 0. The first-order valence-electron chi connectivity index (χ1n) is 23.1. The highest BCUT2D eigenvalue weighted by atomic mass is 16.1. The maximum atomic E-state index is 11.2. The van der Waals surface area contributed by atoms with Gasteiger partial charge in [0.1, 0.15) is 23.1 Å². The lowest BCUT2D eigenvalue weighted by Crippen LogP contribution is -2.27. The summed E-state index contributed by atoms with van der Waals surface area (Å²) in [6.45, 7) is 34.7. The molecule has 57 heavy (non-hydrogen) atoms. The van der Waals surface area contributed by atoms with Gasteiger partial charge in [0.2, 0.25) is 0 Å². The highest BCUT2D eigenvalue weighted by molar-refractivity contribution is 5.84. The molecular formula is C53H98O4. The molecule has 0 aliphatic heterocycles. The molecular weight excluding hydrogens is 701 g/mol. The molecule has 0 heterocycles. The first kappa shape index (κ1) is 57.3. The number of hydrogen-bond acceptors (Lipinski definition) is 4. The summed E-state index contributed by atoms with van der Waals surface area (Å²) in [6, 6.07) is 0. The average Bonchev–Trinajstić information content (AvgIpc) is 3.54. The Balaban J connectivity index is 0. The van der Waals surface area contributed by atoms with Crippen LogP contribution in [0.2, 0.25) is 0 Å². The Kier molecular flexibility index (Phi) is 30.4. The monoisotopic (exact) mass is 799 g/mol. The standard InChI is InChI=1S/3C9H16O.C9H16.C8H14.C7H12O.2CH4/c1-7(2)8-3-5-9(10)6-4-8;1-7(2)8-4-3-5-9(10)6-8;1-7(2)8-5-3-4-6-9(8)10;1-7(2)9-5-4-8(3)6-9;1-6(2)8-5-4-7(8)3;1-5(2)6-3-7(8)4-6;;/h3*7-8H,3-6H2,1-2H3;7,9H,3-6H2,1-2H3;6,8H,3-5H2,1-2H3;5-6H,3-4H2,1-2H3;2*1H4. The Hall–Kier alpha value is -1.84. The van der Waals surface area contributed by atoms with E-state index in [1.165, 1.54) is 56.1 Å². The van der Waals surface area contributed by atoms with Gasteiger partial charge in [-0.1, -0.05) is 129 Å². The summed E-state index contributed by atoms with van der Waals surface area (Å²) < 4.78 is 0. The number of carbonyl (C=O) groups is 4. The van der Waals surface area contributed by atoms with E-state index in [1.807, 2.05) is 0 Å². The van der Waals surface area contributed by atoms with Crippen LogP contribution >= 0.6 is 0 Å². The van der Waals surface area contributed by atoms with Crippen LogP contribution in [0, 0.1) is 71.0 Å². The van der Waals surface area contributed by atoms with Crippen molar-refractivity contribution in [3.8, 4) is 0 Å². The van der Waals surface area contributed by atoms with E-state index in [-0.39, 0.29) is 14.9 Å². The Morgan fingerprint density at radius 3 is 1.12 bits per heavy atom. The zero-order valence-corrected chi connectivity index (χ0v) is 38.4. The quantitative estimate of drug-likeness (QED) is 0.251. The number of rotatable bonds is 6. The third-order valence-corrected chi connectivity index (χ3v) is 13.8. The molecule has 0 aromatic carbocycles. The SMILES string of the molecule is C.C.C=C1CCC(C(C)C)C1.C=C1CCC1C(C)C.CC(C)C1CC(=O)C1.CC(C)C1CCC(=O)CC1.CC(C)C1CCCC(=O)C1.CC(C)C1CCCCC1=O. The number of ketones is 4. The Morgan fingerprint density at radius 2 is 0.860 bits per heavy atom. The molecule has 0 aromatic heterocycles. The highest BCUT2D eigenvalue weighted by Gasteiger charge is 2.29. The molecule has 6 aliphatic rings. The third kappa shape index (κ3) is 23.5. The van der Waals surface area contributed by atoms with Crippen molar-refractivity contribution in [3.05, 3.63) is 24.3 Å². The van der Waals surface area contributed by atoms with Gasteiger partial charge in [0.25, 0.3) is 0 Å². The van der Waals surface area contributed by atoms with Crippen molar-refractivity contribution < 1.29 is 19.2 Å². The van der Waals surface area contributed by atoms with Gasteiger partial charge in [-0.05, 0) is 136 Å². The van der Waals surface area contributed by atoms with E-state index in [2.05, 4.69) is 96.2 Å². The summed E-state index contributed by atoms with van der Waals surface area (Å²) in [6.07, 6.45) is 20.7. The normalized spacial score (nSPS) is 24.9. The van der Waals surface area contributed by atoms with Crippen molar-refractivity contribution in [3.63, 3.8) is 0 Å². The van der Waals surface area contributed by atoms with Gasteiger partial charge in [0.05, 0.1) is 0 Å². The molecule has 6 aliphatic carbocycles. The zero-order valence-electron chi connectivity index (χ0n) is 38.4. The second-order valence-corrected chi connectivity index (χ2v) is 20.3. The number of carbonyl (C=O) groups excluding carboxylic acids is 4. The zero-order chi connectivity index (χ0) is 41.8. The molecule has 0 aromatic rings. The van der Waals surface area contributed by atoms with Crippen LogP contribution < -0.4 is 0 Å². The first-order valence-corrected chi connectivity index (χ1v) is 23.1. The summed E-state index contributed by atoms with van der Waals surface area (Å²) in [4.78, 5) is 43.5. The molecule has 4 unspecified atom stereocenters. The molecule has 4 heteroatoms. The molecule has 6 rings (SSSR count). The molecule has 0 amide bonds. The van der Waals surface area contributed by atoms with E-state index < -0.39 is 0 Å². The number of Topliss-reactive ketones (excluding diaryl/α,β-unsaturated/α-hetero) is 4. The summed E-state index contributed by atoms with van der Waals surface area (Å²) in [5.41, 5.74) is 2.94. The van der Waals surface area contributed by atoms with Crippen LogP contribution in [0.4, 0.5) is 0 Å². The van der Waals surface area contributed by atoms with Crippen LogP contribution in [-0.4, -0.2) is 23.1 Å². The van der Waals surface area contributed by atoms with Crippen molar-refractivity contribution in [2.24, 2.45) is 71.0 Å². The van der Waals surface area contributed by atoms with E-state index in [9.17, 15) is 19.2 Å². The molecule has 4 nitrogen and oxygen atoms in total. The predicted octanol–water partition coefficient (Wildman–Crippen LogP) is 15.7. The molecule has 0 spiro atoms. The Bertz CT molecular complexity index is 1150. The van der Waals surface area contributed by atoms with Crippen LogP contribution in [0.15, 0.2) is 24.3 Å². The van der Waals surface area contributed by atoms with Crippen LogP contribution in [-0.2, 0) is 19.2 Å². The van der Waals surface area contributed by atoms with E-state index in [0.717, 1.165) is 113 Å². The molecule has 6 fully saturated rings. The molecule has 4 atom stereocenters. The van der Waals surface area contributed by atoms with Gasteiger partial charge in [-0.2, -0.15) is 0 Å². The van der Waals surface area contributed by atoms with Crippen LogP contribution in [0.1, 0.15) is 220 Å². The fourth-order valence-electron chi connectivity index (χ4n) is 8.82. The van der Waals surface area contributed by atoms with Gasteiger partial charge in [0.15, 0.2) is 0 Å². The van der Waals surface area contributed by atoms with E-state index in [0.29, 0.717) is 58.6 Å². The van der Waals surface area contributed by atoms with Gasteiger partial charge in [-0.3, -0.25) is 19.2 Å². The van der Waals surface area contributed by atoms with Crippen molar-refractivity contribution >= 4 is 23.1 Å². The Labute approximate surface area is 356 Å². The molecule has 0 N–H and O–H groups in total. The van der Waals surface area contributed by atoms with Gasteiger partial charge in [-0.15, -0.1) is 0 Å². The van der Waals surface area contributed by atoms with E-state index >= 15 is 0 Å². The number of allylic oxidation sites excluding steroid dienone is 2. The van der Waals surface area contributed by atoms with E-state index in [1.54, 1.807) is 0 Å². The summed E-state index contributed by atoms with van der Waals surface area (Å²) >= 11 is 0. The molecule has 0 bridgehead atoms. The second-order valence-electron chi connectivity index (χ2n) is 20.3. The second kappa shape index (κ2) is 30.2. The maximum absolute atomic E-state index is 11.2. The van der Waals surface area contributed by atoms with Gasteiger partial charge < -0.3 is 0 Å². The molecule has 6 saturated carbocycles. The van der Waals surface area contributed by atoms with Crippen molar-refractivity contribution in [2.75, 3.05) is 0 Å². The van der Waals surface area contributed by atoms with Crippen molar-refractivity contribution in [2.45, 2.75) is 220 Å². The molecule has 0 radical (unpaired) electrons. The van der Waals surface area contributed by atoms with Crippen molar-refractivity contribution in [1.29, 1.82) is 0 Å². The van der Waals surface area contributed by atoms with Gasteiger partial charge in [-0.25, -0.2) is 0 Å². The predicted molar refractivity (Wildman–Crippen MR) is 249 cm³/mol.